The molecule has 1 aliphatic heterocycles. The Bertz CT molecular complexity index is 568. The number of hydrogen-bond donors (Lipinski definition) is 0. The molecular weight excluding hydrogens is 275 g/mol. The zero-order chi connectivity index (χ0) is 15.0. The lowest BCUT2D eigenvalue weighted by molar-refractivity contribution is 1.02. The summed E-state index contributed by atoms with van der Waals surface area (Å²) in [6.45, 7) is 10.9. The predicted octanol–water partition coefficient (Wildman–Crippen LogP) is 4.76. The Morgan fingerprint density at radius 2 is 0.952 bits per heavy atom. The maximum Gasteiger partial charge on any atom is 0.0799 e. The number of anilines is 2. The zero-order valence-corrected chi connectivity index (χ0v) is 14.3. The number of nitrogens with zero attached hydrogens (tertiary/aromatic N) is 2. The van der Waals surface area contributed by atoms with Gasteiger partial charge in [-0.1, -0.05) is 12.1 Å². The van der Waals surface area contributed by atoms with Crippen molar-refractivity contribution in [2.75, 3.05) is 22.4 Å². The van der Waals surface area contributed by atoms with E-state index in [4.69, 9.17) is 0 Å². The molecule has 0 aliphatic carbocycles. The first-order valence-electron chi connectivity index (χ1n) is 7.49. The van der Waals surface area contributed by atoms with Gasteiger partial charge >= 0.3 is 0 Å². The van der Waals surface area contributed by atoms with Crippen LogP contribution in [-0.4, -0.2) is 13.1 Å². The van der Waals surface area contributed by atoms with E-state index in [9.17, 15) is 0 Å². The molecule has 110 valence electrons. The van der Waals surface area contributed by atoms with Crippen LogP contribution in [0, 0.1) is 27.7 Å². The molecule has 0 unspecified atom stereocenters. The molecule has 1 saturated heterocycles. The van der Waals surface area contributed by atoms with Crippen LogP contribution in [-0.2, 0) is 0 Å². The maximum atomic E-state index is 2.50. The molecular formula is C18H23N2P. The van der Waals surface area contributed by atoms with Crippen molar-refractivity contribution in [2.45, 2.75) is 27.7 Å². The molecule has 1 aliphatic rings. The van der Waals surface area contributed by atoms with Gasteiger partial charge in [-0.3, -0.25) is 0 Å². The van der Waals surface area contributed by atoms with Crippen LogP contribution in [0.5, 0.6) is 0 Å². The normalized spacial score (nSPS) is 14.9. The van der Waals surface area contributed by atoms with Crippen molar-refractivity contribution in [3.8, 4) is 0 Å². The van der Waals surface area contributed by atoms with Gasteiger partial charge in [-0.25, -0.2) is 0 Å². The van der Waals surface area contributed by atoms with Crippen LogP contribution in [0.4, 0.5) is 11.4 Å². The van der Waals surface area contributed by atoms with E-state index in [-0.39, 0.29) is 0 Å². The SMILES string of the molecule is Cc1cc(C)cc(N2CCN(c3cc(C)cc(C)c3)P2)c1. The molecule has 1 fully saturated rings. The number of aryl methyl sites for hydroxylation is 4. The second-order valence-electron chi connectivity index (χ2n) is 6.10. The van der Waals surface area contributed by atoms with Gasteiger partial charge < -0.3 is 9.34 Å². The molecule has 0 amide bonds. The molecule has 2 aromatic carbocycles. The van der Waals surface area contributed by atoms with Crippen molar-refractivity contribution >= 4 is 20.3 Å². The summed E-state index contributed by atoms with van der Waals surface area (Å²) in [6, 6.07) is 13.7. The first-order valence-corrected chi connectivity index (χ1v) is 8.39. The minimum absolute atomic E-state index is 0.698. The summed E-state index contributed by atoms with van der Waals surface area (Å²) in [6.07, 6.45) is 0. The van der Waals surface area contributed by atoms with Crippen LogP contribution >= 0.6 is 8.88 Å². The topological polar surface area (TPSA) is 6.48 Å². The van der Waals surface area contributed by atoms with Gasteiger partial charge in [0.05, 0.1) is 8.88 Å². The molecule has 2 aromatic rings. The van der Waals surface area contributed by atoms with Crippen molar-refractivity contribution in [3.63, 3.8) is 0 Å². The highest BCUT2D eigenvalue weighted by Crippen LogP contribution is 2.40. The summed E-state index contributed by atoms with van der Waals surface area (Å²) in [7, 11) is 0.698. The standard InChI is InChI=1S/C18H23N2P/c1-13-7-14(2)10-17(9-13)19-5-6-20(21-19)18-11-15(3)8-16(4)12-18/h7-12,21H,5-6H2,1-4H3. The van der Waals surface area contributed by atoms with Crippen molar-refractivity contribution in [2.24, 2.45) is 0 Å². The lowest BCUT2D eigenvalue weighted by Crippen LogP contribution is -2.11. The summed E-state index contributed by atoms with van der Waals surface area (Å²) >= 11 is 0. The third-order valence-corrected chi connectivity index (χ3v) is 5.27. The average Bonchev–Trinajstić information content (AvgIpc) is 2.85. The molecule has 21 heavy (non-hydrogen) atoms. The van der Waals surface area contributed by atoms with E-state index in [1.807, 2.05) is 0 Å². The van der Waals surface area contributed by atoms with Crippen LogP contribution < -0.4 is 9.34 Å². The quantitative estimate of drug-likeness (QED) is 0.738. The molecule has 0 atom stereocenters. The molecule has 0 bridgehead atoms. The highest BCUT2D eigenvalue weighted by molar-refractivity contribution is 7.42. The van der Waals surface area contributed by atoms with Crippen molar-refractivity contribution < 1.29 is 0 Å². The minimum atomic E-state index is 0.698. The zero-order valence-electron chi connectivity index (χ0n) is 13.3. The Labute approximate surface area is 129 Å². The third kappa shape index (κ3) is 3.22. The van der Waals surface area contributed by atoms with E-state index < -0.39 is 0 Å². The Balaban J connectivity index is 1.81. The third-order valence-electron chi connectivity index (χ3n) is 3.82. The summed E-state index contributed by atoms with van der Waals surface area (Å²) in [5, 5.41) is 0. The van der Waals surface area contributed by atoms with Gasteiger partial charge in [-0.15, -0.1) is 0 Å². The van der Waals surface area contributed by atoms with Gasteiger partial charge in [-0.05, 0) is 74.2 Å². The fraction of sp³-hybridized carbons (Fsp3) is 0.333. The van der Waals surface area contributed by atoms with Crippen LogP contribution in [0.3, 0.4) is 0 Å². The predicted molar refractivity (Wildman–Crippen MR) is 94.8 cm³/mol. The molecule has 0 saturated carbocycles. The van der Waals surface area contributed by atoms with Gasteiger partial charge in [0.1, 0.15) is 0 Å². The van der Waals surface area contributed by atoms with Gasteiger partial charge in [-0.2, -0.15) is 0 Å². The molecule has 1 heterocycles. The van der Waals surface area contributed by atoms with Crippen molar-refractivity contribution in [1.82, 2.24) is 0 Å². The van der Waals surface area contributed by atoms with Gasteiger partial charge in [0.2, 0.25) is 0 Å². The fourth-order valence-electron chi connectivity index (χ4n) is 3.03. The highest BCUT2D eigenvalue weighted by Gasteiger charge is 2.21. The first kappa shape index (κ1) is 14.4. The number of hydrogen-bond acceptors (Lipinski definition) is 2. The summed E-state index contributed by atoms with van der Waals surface area (Å²) in [4.78, 5) is 0. The highest BCUT2D eigenvalue weighted by atomic mass is 31.1. The van der Waals surface area contributed by atoms with Crippen molar-refractivity contribution in [3.05, 3.63) is 58.7 Å². The molecule has 2 nitrogen and oxygen atoms in total. The second-order valence-corrected chi connectivity index (χ2v) is 7.37. The van der Waals surface area contributed by atoms with Crippen LogP contribution in [0.2, 0.25) is 0 Å². The molecule has 0 aromatic heterocycles. The van der Waals surface area contributed by atoms with Crippen LogP contribution in [0.15, 0.2) is 36.4 Å². The maximum absolute atomic E-state index is 2.50. The van der Waals surface area contributed by atoms with E-state index in [0.29, 0.717) is 8.88 Å². The second kappa shape index (κ2) is 5.69. The molecule has 0 radical (unpaired) electrons. The van der Waals surface area contributed by atoms with Gasteiger partial charge in [0, 0.05) is 24.5 Å². The molecule has 0 N–H and O–H groups in total. The van der Waals surface area contributed by atoms with Crippen LogP contribution in [0.25, 0.3) is 0 Å². The summed E-state index contributed by atoms with van der Waals surface area (Å²) in [5.41, 5.74) is 8.11. The van der Waals surface area contributed by atoms with E-state index >= 15 is 0 Å². The molecule has 3 rings (SSSR count). The Hall–Kier alpha value is -1.53. The van der Waals surface area contributed by atoms with E-state index in [1.54, 1.807) is 0 Å². The van der Waals surface area contributed by atoms with E-state index in [2.05, 4.69) is 73.4 Å². The van der Waals surface area contributed by atoms with E-state index in [0.717, 1.165) is 13.1 Å². The smallest absolute Gasteiger partial charge is 0.0799 e. The van der Waals surface area contributed by atoms with E-state index in [1.165, 1.54) is 33.6 Å². The minimum Gasteiger partial charge on any atom is -0.334 e. The number of benzene rings is 2. The average molecular weight is 298 g/mol. The monoisotopic (exact) mass is 298 g/mol. The largest absolute Gasteiger partial charge is 0.334 e. The Kier molecular flexibility index (Phi) is 3.91. The Morgan fingerprint density at radius 1 is 0.619 bits per heavy atom. The summed E-state index contributed by atoms with van der Waals surface area (Å²) in [5.74, 6) is 0. The first-order chi connectivity index (χ1) is 10.0. The fourth-order valence-corrected chi connectivity index (χ4v) is 4.21. The Morgan fingerprint density at radius 3 is 1.29 bits per heavy atom. The lowest BCUT2D eigenvalue weighted by atomic mass is 10.1. The molecule has 0 spiro atoms. The van der Waals surface area contributed by atoms with Gasteiger partial charge in [0.25, 0.3) is 0 Å². The number of rotatable bonds is 2. The van der Waals surface area contributed by atoms with Gasteiger partial charge in [0.15, 0.2) is 0 Å². The van der Waals surface area contributed by atoms with Crippen molar-refractivity contribution in [1.29, 1.82) is 0 Å². The molecule has 3 heteroatoms. The van der Waals surface area contributed by atoms with Crippen LogP contribution in [0.1, 0.15) is 22.3 Å². The summed E-state index contributed by atoms with van der Waals surface area (Å²) < 4.78 is 5.00. The lowest BCUT2D eigenvalue weighted by Gasteiger charge is -2.22.